The smallest absolute Gasteiger partial charge is 0.273 e. The number of phenols is 2. The van der Waals surface area contributed by atoms with Crippen molar-refractivity contribution < 1.29 is 24.5 Å². The van der Waals surface area contributed by atoms with Gasteiger partial charge in [0.25, 0.3) is 5.91 Å². The van der Waals surface area contributed by atoms with Crippen LogP contribution in [0.15, 0.2) is 28.7 Å². The number of H-pyrrole nitrogens is 1. The van der Waals surface area contributed by atoms with Gasteiger partial charge < -0.3 is 24.6 Å². The summed E-state index contributed by atoms with van der Waals surface area (Å²) in [6.45, 7) is 4.75. The number of hydrogen-bond acceptors (Lipinski definition) is 6. The highest BCUT2D eigenvalue weighted by atomic mass is 79.9. The number of nitrogens with one attached hydrogen (secondary N) is 1. The molecule has 0 saturated carbocycles. The highest BCUT2D eigenvalue weighted by Gasteiger charge is 2.42. The van der Waals surface area contributed by atoms with Crippen molar-refractivity contribution in [2.75, 3.05) is 27.4 Å². The normalized spacial score (nSPS) is 15.2. The van der Waals surface area contributed by atoms with Crippen LogP contribution in [0.3, 0.4) is 0 Å². The molecule has 0 unspecified atom stereocenters. The van der Waals surface area contributed by atoms with E-state index >= 15 is 0 Å². The Bertz CT molecular complexity index is 1220. The molecule has 1 atom stereocenters. The minimum absolute atomic E-state index is 0.0175. The van der Waals surface area contributed by atoms with Gasteiger partial charge in [-0.3, -0.25) is 9.89 Å². The molecule has 1 aliphatic heterocycles. The van der Waals surface area contributed by atoms with E-state index in [1.807, 2.05) is 26.0 Å². The van der Waals surface area contributed by atoms with Crippen molar-refractivity contribution in [3.8, 4) is 28.5 Å². The summed E-state index contributed by atoms with van der Waals surface area (Å²) in [4.78, 5) is 15.2. The van der Waals surface area contributed by atoms with Crippen LogP contribution in [-0.4, -0.2) is 58.6 Å². The average Bonchev–Trinajstić information content (AvgIpc) is 3.32. The van der Waals surface area contributed by atoms with Crippen molar-refractivity contribution in [3.05, 3.63) is 56.7 Å². The first-order chi connectivity index (χ1) is 15.8. The van der Waals surface area contributed by atoms with Crippen molar-refractivity contribution in [1.82, 2.24) is 15.1 Å². The van der Waals surface area contributed by atoms with Crippen LogP contribution in [-0.2, 0) is 4.74 Å². The Kier molecular flexibility index (Phi) is 6.36. The van der Waals surface area contributed by atoms with Crippen LogP contribution >= 0.6 is 15.9 Å². The maximum Gasteiger partial charge on any atom is 0.273 e. The van der Waals surface area contributed by atoms with Crippen LogP contribution in [0.2, 0.25) is 0 Å². The van der Waals surface area contributed by atoms with Gasteiger partial charge in [-0.25, -0.2) is 0 Å². The zero-order valence-corrected chi connectivity index (χ0v) is 20.5. The molecule has 0 aliphatic carbocycles. The van der Waals surface area contributed by atoms with Crippen LogP contribution in [0, 0.1) is 13.8 Å². The largest absolute Gasteiger partial charge is 0.507 e. The Hall–Kier alpha value is -3.04. The SMILES string of the molecule is COCCCN1C(=O)c2[nH]nc(-c3cc(C)cc(C)c3O)c2[C@@H]1c1cc(Br)c(O)c(OC)c1. The summed E-state index contributed by atoms with van der Waals surface area (Å²) >= 11 is 3.39. The van der Waals surface area contributed by atoms with E-state index in [4.69, 9.17) is 9.47 Å². The molecule has 1 amide bonds. The van der Waals surface area contributed by atoms with E-state index in [9.17, 15) is 15.0 Å². The van der Waals surface area contributed by atoms with E-state index < -0.39 is 6.04 Å². The van der Waals surface area contributed by atoms with E-state index in [1.165, 1.54) is 7.11 Å². The molecule has 0 fully saturated rings. The van der Waals surface area contributed by atoms with Crippen LogP contribution in [0.25, 0.3) is 11.3 Å². The summed E-state index contributed by atoms with van der Waals surface area (Å²) in [5.41, 5.74) is 4.59. The second-order valence-electron chi connectivity index (χ2n) is 8.14. The van der Waals surface area contributed by atoms with Gasteiger partial charge in [-0.1, -0.05) is 6.07 Å². The predicted molar refractivity (Wildman–Crippen MR) is 127 cm³/mol. The summed E-state index contributed by atoms with van der Waals surface area (Å²) in [5, 5.41) is 28.5. The number of amides is 1. The lowest BCUT2D eigenvalue weighted by atomic mass is 9.94. The number of fused-ring (bicyclic) bond motifs is 1. The number of halogens is 1. The molecule has 174 valence electrons. The molecule has 1 aromatic heterocycles. The molecule has 33 heavy (non-hydrogen) atoms. The third-order valence-electron chi connectivity index (χ3n) is 5.90. The number of aromatic amines is 1. The molecule has 9 heteroatoms. The standard InChI is InChI=1S/C24H26BrN3O5/c1-12-8-13(2)22(29)15(9-12)19-18-20(27-26-19)24(31)28(6-5-7-32-3)21(18)14-10-16(25)23(30)17(11-14)33-4/h8-11,21,29-30H,5-7H2,1-4H3,(H,26,27)/t21-/m0/s1. The van der Waals surface area contributed by atoms with Crippen LogP contribution in [0.1, 0.15) is 45.2 Å². The molecule has 2 heterocycles. The second-order valence-corrected chi connectivity index (χ2v) is 8.99. The molecule has 0 spiro atoms. The molecule has 0 saturated heterocycles. The van der Waals surface area contributed by atoms with Crippen LogP contribution in [0.4, 0.5) is 0 Å². The number of aryl methyl sites for hydroxylation is 2. The zero-order valence-electron chi connectivity index (χ0n) is 18.9. The number of carbonyl (C=O) groups excluding carboxylic acids is 1. The first-order valence-electron chi connectivity index (χ1n) is 10.5. The van der Waals surface area contributed by atoms with Gasteiger partial charge in [-0.05, 0) is 71.1 Å². The fraction of sp³-hybridized carbons (Fsp3) is 0.333. The summed E-state index contributed by atoms with van der Waals surface area (Å²) < 4.78 is 11.0. The first kappa shape index (κ1) is 23.1. The lowest BCUT2D eigenvalue weighted by Crippen LogP contribution is -2.31. The number of benzene rings is 2. The van der Waals surface area contributed by atoms with E-state index in [-0.39, 0.29) is 23.2 Å². The molecular formula is C24H26BrN3O5. The Morgan fingerprint density at radius 3 is 2.61 bits per heavy atom. The van der Waals surface area contributed by atoms with Crippen LogP contribution in [0.5, 0.6) is 17.2 Å². The summed E-state index contributed by atoms with van der Waals surface area (Å²) in [5.74, 6) is 0.216. The second kappa shape index (κ2) is 9.07. The third-order valence-corrected chi connectivity index (χ3v) is 6.50. The highest BCUT2D eigenvalue weighted by Crippen LogP contribution is 2.47. The maximum absolute atomic E-state index is 13.4. The lowest BCUT2D eigenvalue weighted by Gasteiger charge is -2.27. The van der Waals surface area contributed by atoms with Gasteiger partial charge in [0.15, 0.2) is 11.5 Å². The number of phenolic OH excluding ortho intramolecular Hbond substituents is 2. The number of rotatable bonds is 7. The van der Waals surface area contributed by atoms with E-state index in [1.54, 1.807) is 24.1 Å². The fourth-order valence-electron chi connectivity index (χ4n) is 4.41. The number of methoxy groups -OCH3 is 2. The van der Waals surface area contributed by atoms with Gasteiger partial charge in [-0.2, -0.15) is 5.10 Å². The number of aromatic nitrogens is 2. The Balaban J connectivity index is 1.93. The van der Waals surface area contributed by atoms with Gasteiger partial charge in [0.05, 0.1) is 17.6 Å². The van der Waals surface area contributed by atoms with Gasteiger partial charge in [-0.15, -0.1) is 0 Å². The molecule has 4 rings (SSSR count). The maximum atomic E-state index is 13.4. The molecule has 3 N–H and O–H groups in total. The van der Waals surface area contributed by atoms with Gasteiger partial charge >= 0.3 is 0 Å². The molecule has 1 aliphatic rings. The highest BCUT2D eigenvalue weighted by molar-refractivity contribution is 9.10. The van der Waals surface area contributed by atoms with Gasteiger partial charge in [0, 0.05) is 31.4 Å². The molecular weight excluding hydrogens is 490 g/mol. The lowest BCUT2D eigenvalue weighted by molar-refractivity contribution is 0.0723. The number of carbonyl (C=O) groups is 1. The molecule has 0 bridgehead atoms. The van der Waals surface area contributed by atoms with Crippen molar-refractivity contribution in [1.29, 1.82) is 0 Å². The Morgan fingerprint density at radius 2 is 1.91 bits per heavy atom. The number of hydrogen-bond donors (Lipinski definition) is 3. The average molecular weight is 516 g/mol. The summed E-state index contributed by atoms with van der Waals surface area (Å²) in [6, 6.07) is 6.75. The molecule has 2 aromatic carbocycles. The van der Waals surface area contributed by atoms with E-state index in [0.717, 1.165) is 16.7 Å². The van der Waals surface area contributed by atoms with E-state index in [0.29, 0.717) is 46.6 Å². The Morgan fingerprint density at radius 1 is 1.15 bits per heavy atom. The number of aromatic hydroxyl groups is 2. The number of ether oxygens (including phenoxy) is 2. The summed E-state index contributed by atoms with van der Waals surface area (Å²) in [6.07, 6.45) is 0.650. The minimum atomic E-state index is -0.496. The van der Waals surface area contributed by atoms with Crippen LogP contribution < -0.4 is 4.74 Å². The van der Waals surface area contributed by atoms with Gasteiger partial charge in [0.1, 0.15) is 17.1 Å². The van der Waals surface area contributed by atoms with Crippen molar-refractivity contribution in [2.24, 2.45) is 0 Å². The quantitative estimate of drug-likeness (QED) is 0.401. The monoisotopic (exact) mass is 515 g/mol. The summed E-state index contributed by atoms with van der Waals surface area (Å²) in [7, 11) is 3.10. The van der Waals surface area contributed by atoms with Gasteiger partial charge in [0.2, 0.25) is 0 Å². The van der Waals surface area contributed by atoms with Crippen molar-refractivity contribution in [2.45, 2.75) is 26.3 Å². The Labute approximate surface area is 200 Å². The van der Waals surface area contributed by atoms with E-state index in [2.05, 4.69) is 26.1 Å². The minimum Gasteiger partial charge on any atom is -0.507 e. The predicted octanol–water partition coefficient (Wildman–Crippen LogP) is 4.46. The molecule has 8 nitrogen and oxygen atoms in total. The van der Waals surface area contributed by atoms with Crippen molar-refractivity contribution >= 4 is 21.8 Å². The topological polar surface area (TPSA) is 108 Å². The third kappa shape index (κ3) is 3.95. The number of nitrogens with zero attached hydrogens (tertiary/aromatic N) is 2. The zero-order chi connectivity index (χ0) is 23.9. The fourth-order valence-corrected chi connectivity index (χ4v) is 4.87. The van der Waals surface area contributed by atoms with Crippen molar-refractivity contribution in [3.63, 3.8) is 0 Å². The molecule has 0 radical (unpaired) electrons. The molecule has 3 aromatic rings. The first-order valence-corrected chi connectivity index (χ1v) is 11.3.